The van der Waals surface area contributed by atoms with Crippen molar-refractivity contribution in [2.24, 2.45) is 11.8 Å². The van der Waals surface area contributed by atoms with E-state index in [1.54, 1.807) is 0 Å². The van der Waals surface area contributed by atoms with Crippen LogP contribution in [0.3, 0.4) is 0 Å². The van der Waals surface area contributed by atoms with Crippen LogP contribution in [0.15, 0.2) is 48.7 Å². The Balaban J connectivity index is 0.00000104. The monoisotopic (exact) mass is 385 g/mol. The molecule has 0 saturated carbocycles. The summed E-state index contributed by atoms with van der Waals surface area (Å²) in [6.45, 7) is 3.23. The van der Waals surface area contributed by atoms with Crippen LogP contribution in [0.5, 0.6) is 0 Å². The quantitative estimate of drug-likeness (QED) is 0.766. The molecule has 0 N–H and O–H groups in total. The zero-order valence-electron chi connectivity index (χ0n) is 13.5. The molecule has 1 aromatic carbocycles. The first kappa shape index (κ1) is 19.3. The van der Waals surface area contributed by atoms with E-state index >= 15 is 0 Å². The van der Waals surface area contributed by atoms with Crippen molar-refractivity contribution >= 4 is 42.2 Å². The fraction of sp³-hybridized carbons (Fsp3) is 0.389. The minimum atomic E-state index is 0. The molecule has 1 aromatic heterocycles. The number of fused-ring (bicyclic) bond motifs is 1. The number of likely N-dealkylation sites (tertiary alicyclic amines) is 1. The Morgan fingerprint density at radius 3 is 2.46 bits per heavy atom. The van der Waals surface area contributed by atoms with Crippen LogP contribution >= 0.6 is 36.4 Å². The Kier molecular flexibility index (Phi) is 6.38. The van der Waals surface area contributed by atoms with Gasteiger partial charge in [-0.1, -0.05) is 41.9 Å². The van der Waals surface area contributed by atoms with Crippen molar-refractivity contribution in [3.05, 3.63) is 59.2 Å². The fourth-order valence-electron chi connectivity index (χ4n) is 4.19. The summed E-state index contributed by atoms with van der Waals surface area (Å²) >= 11 is 6.33. The number of pyridine rings is 1. The van der Waals surface area contributed by atoms with Crippen LogP contribution in [-0.2, 0) is 0 Å². The predicted molar refractivity (Wildman–Crippen MR) is 105 cm³/mol. The van der Waals surface area contributed by atoms with Crippen molar-refractivity contribution in [3.8, 4) is 0 Å². The molecule has 3 atom stereocenters. The molecule has 130 valence electrons. The zero-order valence-corrected chi connectivity index (χ0v) is 15.9. The van der Waals surface area contributed by atoms with E-state index in [1.807, 2.05) is 18.3 Å². The van der Waals surface area contributed by atoms with E-state index in [4.69, 9.17) is 11.6 Å². The number of aromatic nitrogens is 1. The van der Waals surface area contributed by atoms with Gasteiger partial charge in [0.25, 0.3) is 0 Å². The lowest BCUT2D eigenvalue weighted by atomic mass is 9.90. The van der Waals surface area contributed by atoms with Crippen molar-refractivity contribution in [1.29, 1.82) is 0 Å². The van der Waals surface area contributed by atoms with Gasteiger partial charge in [0.05, 0.1) is 5.02 Å². The number of anilines is 1. The molecule has 0 radical (unpaired) electrons. The second-order valence-electron chi connectivity index (χ2n) is 6.43. The van der Waals surface area contributed by atoms with Crippen LogP contribution in [-0.4, -0.2) is 36.6 Å². The lowest BCUT2D eigenvalue weighted by Crippen LogP contribution is -2.29. The molecular weight excluding hydrogens is 365 g/mol. The number of hydrogen-bond acceptors (Lipinski definition) is 3. The summed E-state index contributed by atoms with van der Waals surface area (Å²) in [5.41, 5.74) is 1.42. The van der Waals surface area contributed by atoms with Crippen LogP contribution in [0, 0.1) is 11.8 Å². The van der Waals surface area contributed by atoms with Gasteiger partial charge in [0.2, 0.25) is 0 Å². The average molecular weight is 387 g/mol. The molecule has 2 aliphatic heterocycles. The van der Waals surface area contributed by atoms with Gasteiger partial charge >= 0.3 is 0 Å². The van der Waals surface area contributed by atoms with Crippen LogP contribution in [0.25, 0.3) is 0 Å². The van der Waals surface area contributed by atoms with Crippen molar-refractivity contribution < 1.29 is 0 Å². The van der Waals surface area contributed by atoms with Gasteiger partial charge < -0.3 is 4.90 Å². The van der Waals surface area contributed by atoms with Crippen molar-refractivity contribution in [2.75, 3.05) is 31.6 Å². The highest BCUT2D eigenvalue weighted by Gasteiger charge is 2.46. The number of halogens is 3. The normalized spacial score (nSPS) is 25.8. The topological polar surface area (TPSA) is 19.4 Å². The minimum Gasteiger partial charge on any atom is -0.355 e. The first-order chi connectivity index (χ1) is 10.7. The molecule has 2 aliphatic rings. The average Bonchev–Trinajstić information content (AvgIpc) is 3.05. The molecule has 0 amide bonds. The molecule has 24 heavy (non-hydrogen) atoms. The van der Waals surface area contributed by atoms with E-state index in [2.05, 4.69) is 52.2 Å². The summed E-state index contributed by atoms with van der Waals surface area (Å²) in [6.07, 6.45) is 1.83. The molecule has 6 heteroatoms. The minimum absolute atomic E-state index is 0. The van der Waals surface area contributed by atoms with E-state index in [0.29, 0.717) is 17.9 Å². The third kappa shape index (κ3) is 3.36. The summed E-state index contributed by atoms with van der Waals surface area (Å²) < 4.78 is 0. The first-order valence-corrected chi connectivity index (χ1v) is 8.22. The summed E-state index contributed by atoms with van der Waals surface area (Å²) in [4.78, 5) is 9.35. The fourth-order valence-corrected chi connectivity index (χ4v) is 4.43. The maximum atomic E-state index is 6.33. The number of nitrogens with zero attached hydrogens (tertiary/aromatic N) is 3. The van der Waals surface area contributed by atoms with Crippen LogP contribution in [0.2, 0.25) is 5.02 Å². The van der Waals surface area contributed by atoms with Gasteiger partial charge in [0.15, 0.2) is 0 Å². The molecule has 0 spiro atoms. The standard InChI is InChI=1S/C18H20ClN3.2ClH/c1-21-10-14-11-22(18-16(19)8-5-9-20-18)12-15(14)17(21)13-6-3-2-4-7-13;;/h2-9,14-15,17H,10-12H2,1H3;2*1H/t14-,15+,17-;;/m0../s1. The van der Waals surface area contributed by atoms with Gasteiger partial charge in [0.1, 0.15) is 5.82 Å². The molecule has 0 bridgehead atoms. The molecule has 0 unspecified atom stereocenters. The van der Waals surface area contributed by atoms with Crippen LogP contribution in [0.4, 0.5) is 5.82 Å². The Morgan fingerprint density at radius 2 is 1.75 bits per heavy atom. The maximum Gasteiger partial charge on any atom is 0.147 e. The number of hydrogen-bond donors (Lipinski definition) is 0. The predicted octanol–water partition coefficient (Wildman–Crippen LogP) is 4.32. The van der Waals surface area contributed by atoms with Crippen molar-refractivity contribution in [3.63, 3.8) is 0 Å². The lowest BCUT2D eigenvalue weighted by molar-refractivity contribution is 0.280. The molecule has 4 rings (SSSR count). The van der Waals surface area contributed by atoms with E-state index < -0.39 is 0 Å². The maximum absolute atomic E-state index is 6.33. The van der Waals surface area contributed by atoms with Crippen LogP contribution in [0.1, 0.15) is 11.6 Å². The van der Waals surface area contributed by atoms with Crippen LogP contribution < -0.4 is 4.90 Å². The molecule has 3 heterocycles. The highest BCUT2D eigenvalue weighted by Crippen LogP contribution is 2.45. The Morgan fingerprint density at radius 1 is 1.00 bits per heavy atom. The number of rotatable bonds is 2. The van der Waals surface area contributed by atoms with Gasteiger partial charge in [-0.3, -0.25) is 4.90 Å². The zero-order chi connectivity index (χ0) is 15.1. The molecule has 2 fully saturated rings. The third-order valence-electron chi connectivity index (χ3n) is 5.07. The first-order valence-electron chi connectivity index (χ1n) is 7.84. The second kappa shape index (κ2) is 7.92. The van der Waals surface area contributed by atoms with E-state index in [0.717, 1.165) is 30.5 Å². The Hall–Kier alpha value is -1.000. The summed E-state index contributed by atoms with van der Waals surface area (Å²) in [5, 5.41) is 0.757. The number of benzene rings is 1. The molecule has 2 saturated heterocycles. The molecular formula is C18H22Cl3N3. The molecule has 0 aliphatic carbocycles. The largest absolute Gasteiger partial charge is 0.355 e. The summed E-state index contributed by atoms with van der Waals surface area (Å²) in [5.74, 6) is 2.27. The Bertz CT molecular complexity index is 668. The van der Waals surface area contributed by atoms with Gasteiger partial charge in [-0.2, -0.15) is 0 Å². The summed E-state index contributed by atoms with van der Waals surface area (Å²) in [6, 6.07) is 15.2. The molecule has 2 aromatic rings. The van der Waals surface area contributed by atoms with Gasteiger partial charge in [0, 0.05) is 37.8 Å². The Labute approximate surface area is 160 Å². The van der Waals surface area contributed by atoms with Gasteiger partial charge in [-0.15, -0.1) is 24.8 Å². The van der Waals surface area contributed by atoms with Crippen molar-refractivity contribution in [1.82, 2.24) is 9.88 Å². The SMILES string of the molecule is CN1C[C@H]2CN(c3ncccc3Cl)C[C@H]2[C@@H]1c1ccccc1.Cl.Cl. The third-order valence-corrected chi connectivity index (χ3v) is 5.37. The van der Waals surface area contributed by atoms with E-state index in [-0.39, 0.29) is 24.8 Å². The highest BCUT2D eigenvalue weighted by molar-refractivity contribution is 6.32. The van der Waals surface area contributed by atoms with Gasteiger partial charge in [-0.25, -0.2) is 4.98 Å². The smallest absolute Gasteiger partial charge is 0.147 e. The van der Waals surface area contributed by atoms with E-state index in [9.17, 15) is 0 Å². The van der Waals surface area contributed by atoms with Gasteiger partial charge in [-0.05, 0) is 30.7 Å². The molecule has 3 nitrogen and oxygen atoms in total. The highest BCUT2D eigenvalue weighted by atomic mass is 35.5. The summed E-state index contributed by atoms with van der Waals surface area (Å²) in [7, 11) is 2.24. The van der Waals surface area contributed by atoms with E-state index in [1.165, 1.54) is 5.56 Å². The second-order valence-corrected chi connectivity index (χ2v) is 6.84. The lowest BCUT2D eigenvalue weighted by Gasteiger charge is -2.27. The van der Waals surface area contributed by atoms with Crippen molar-refractivity contribution in [2.45, 2.75) is 6.04 Å².